The van der Waals surface area contributed by atoms with Crippen molar-refractivity contribution in [3.63, 3.8) is 0 Å². The Morgan fingerprint density at radius 2 is 1.87 bits per heavy atom. The molecule has 4 nitrogen and oxygen atoms in total. The van der Waals surface area contributed by atoms with E-state index in [1.807, 2.05) is 0 Å². The molecule has 4 heteroatoms. The lowest BCUT2D eigenvalue weighted by atomic mass is 10.2. The molecule has 0 radical (unpaired) electrons. The van der Waals surface area contributed by atoms with Crippen molar-refractivity contribution in [1.29, 1.82) is 0 Å². The monoisotopic (exact) mass is 213 g/mol. The summed E-state index contributed by atoms with van der Waals surface area (Å²) in [5.41, 5.74) is 0.288. The first-order valence-electron chi connectivity index (χ1n) is 4.95. The maximum absolute atomic E-state index is 11.1. The molecule has 0 aliphatic rings. The third-order valence-electron chi connectivity index (χ3n) is 1.89. The molecule has 1 N–H and O–H groups in total. The number of carbonyl (C=O) groups excluding carboxylic acids is 1. The van der Waals surface area contributed by atoms with Gasteiger partial charge in [-0.3, -0.25) is 9.79 Å². The molecule has 0 unspecified atom stereocenters. The molecule has 0 heterocycles. The normalized spacial score (nSPS) is 14.2. The average molecular weight is 213 g/mol. The Morgan fingerprint density at radius 1 is 1.33 bits per heavy atom. The summed E-state index contributed by atoms with van der Waals surface area (Å²) in [4.78, 5) is 15.2. The fraction of sp³-hybridized carbons (Fsp3) is 0.636. The van der Waals surface area contributed by atoms with Crippen LogP contribution < -0.4 is 0 Å². The molecule has 0 aromatic rings. The number of rotatable bonds is 5. The highest BCUT2D eigenvalue weighted by Gasteiger charge is 2.06. The van der Waals surface area contributed by atoms with E-state index in [-0.39, 0.29) is 17.1 Å². The van der Waals surface area contributed by atoms with E-state index in [4.69, 9.17) is 0 Å². The van der Waals surface area contributed by atoms with Crippen molar-refractivity contribution in [2.45, 2.75) is 13.8 Å². The molecule has 15 heavy (non-hydrogen) atoms. The summed E-state index contributed by atoms with van der Waals surface area (Å²) < 4.78 is 0.828. The van der Waals surface area contributed by atoms with Crippen LogP contribution in [0.15, 0.2) is 16.3 Å². The fourth-order valence-electron chi connectivity index (χ4n) is 0.953. The molecule has 0 saturated carbocycles. The van der Waals surface area contributed by atoms with Gasteiger partial charge in [-0.2, -0.15) is 0 Å². The van der Waals surface area contributed by atoms with E-state index in [9.17, 15) is 9.90 Å². The van der Waals surface area contributed by atoms with Crippen molar-refractivity contribution < 1.29 is 14.4 Å². The number of ketones is 1. The van der Waals surface area contributed by atoms with E-state index in [1.54, 1.807) is 0 Å². The van der Waals surface area contributed by atoms with Crippen molar-refractivity contribution in [3.05, 3.63) is 11.3 Å². The number of aliphatic imine (C=N–C) groups is 1. The van der Waals surface area contributed by atoms with Crippen LogP contribution in [0.4, 0.5) is 0 Å². The zero-order valence-corrected chi connectivity index (χ0v) is 10.2. The molecule has 0 aliphatic heterocycles. The second-order valence-corrected chi connectivity index (χ2v) is 4.60. The molecule has 0 aromatic heterocycles. The van der Waals surface area contributed by atoms with Crippen molar-refractivity contribution >= 4 is 12.0 Å². The Hall–Kier alpha value is -1.16. The summed E-state index contributed by atoms with van der Waals surface area (Å²) in [6.45, 7) is 4.45. The number of aliphatic hydroxyl groups is 1. The molecule has 0 atom stereocenters. The second kappa shape index (κ2) is 5.66. The lowest BCUT2D eigenvalue weighted by Crippen LogP contribution is -2.36. The van der Waals surface area contributed by atoms with Crippen LogP contribution in [-0.2, 0) is 4.79 Å². The molecule has 0 fully saturated rings. The number of allylic oxidation sites excluding steroid dienone is 2. The van der Waals surface area contributed by atoms with E-state index < -0.39 is 0 Å². The number of quaternary nitrogens is 1. The largest absolute Gasteiger partial charge is 0.512 e. The van der Waals surface area contributed by atoms with Crippen LogP contribution in [-0.4, -0.2) is 55.8 Å². The quantitative estimate of drug-likeness (QED) is 0.323. The predicted molar refractivity (Wildman–Crippen MR) is 62.3 cm³/mol. The van der Waals surface area contributed by atoms with Crippen LogP contribution in [0.25, 0.3) is 0 Å². The minimum atomic E-state index is -0.163. The number of hydrogen-bond donors (Lipinski definition) is 1. The summed E-state index contributed by atoms with van der Waals surface area (Å²) >= 11 is 0. The number of Topliss-reactive ketones (excluding diaryl/α,β-unsaturated/α-hetero) is 1. The van der Waals surface area contributed by atoms with Gasteiger partial charge < -0.3 is 9.59 Å². The minimum absolute atomic E-state index is 0.0245. The fourth-order valence-corrected chi connectivity index (χ4v) is 0.953. The number of nitrogens with zero attached hydrogens (tertiary/aromatic N) is 2. The smallest absolute Gasteiger partial charge is 0.164 e. The summed E-state index contributed by atoms with van der Waals surface area (Å²) in [7, 11) is 6.23. The maximum atomic E-state index is 11.1. The van der Waals surface area contributed by atoms with E-state index in [0.29, 0.717) is 6.54 Å². The zero-order chi connectivity index (χ0) is 12.1. The molecule has 0 aliphatic carbocycles. The van der Waals surface area contributed by atoms with Crippen LogP contribution in [0.3, 0.4) is 0 Å². The van der Waals surface area contributed by atoms with Crippen molar-refractivity contribution in [2.24, 2.45) is 4.99 Å². The average Bonchev–Trinajstić information content (AvgIpc) is 2.00. The molecular formula is C11H21N2O2+. The summed E-state index contributed by atoms with van der Waals surface area (Å²) in [6, 6.07) is 0. The first-order chi connectivity index (χ1) is 6.74. The SMILES string of the molecule is CC(=O)/C(C=NCC[N+](C)(C)C)=C(/C)O. The molecule has 0 spiro atoms. The summed E-state index contributed by atoms with van der Waals surface area (Å²) in [5, 5.41) is 9.21. The number of carbonyl (C=O) groups is 1. The Balaban J connectivity index is 4.28. The molecule has 0 aromatic carbocycles. The standard InChI is InChI=1S/C11H20N2O2/c1-9(14)11(10(2)15)8-12-6-7-13(3,4)5/h8H,6-7H2,1-5H3/p+1. The molecular weight excluding hydrogens is 192 g/mol. The Kier molecular flexibility index (Phi) is 5.22. The number of hydrogen-bond acceptors (Lipinski definition) is 3. The van der Waals surface area contributed by atoms with E-state index in [1.165, 1.54) is 20.1 Å². The first kappa shape index (κ1) is 13.8. The van der Waals surface area contributed by atoms with Gasteiger partial charge in [0.15, 0.2) is 5.78 Å². The van der Waals surface area contributed by atoms with Crippen molar-refractivity contribution in [3.8, 4) is 0 Å². The van der Waals surface area contributed by atoms with Crippen LogP contribution in [0, 0.1) is 0 Å². The topological polar surface area (TPSA) is 49.7 Å². The Labute approximate surface area is 91.5 Å². The molecule has 0 rings (SSSR count). The Morgan fingerprint density at radius 3 is 2.20 bits per heavy atom. The Bertz CT molecular complexity index is 281. The molecule has 0 saturated heterocycles. The van der Waals surface area contributed by atoms with E-state index in [2.05, 4.69) is 26.1 Å². The molecule has 0 amide bonds. The number of aliphatic hydroxyl groups excluding tert-OH is 1. The van der Waals surface area contributed by atoms with Gasteiger partial charge in [-0.1, -0.05) is 0 Å². The van der Waals surface area contributed by atoms with Crippen LogP contribution in [0.5, 0.6) is 0 Å². The lowest BCUT2D eigenvalue weighted by molar-refractivity contribution is -0.868. The van der Waals surface area contributed by atoms with Gasteiger partial charge in [0.2, 0.25) is 0 Å². The van der Waals surface area contributed by atoms with Crippen LogP contribution in [0.2, 0.25) is 0 Å². The van der Waals surface area contributed by atoms with Gasteiger partial charge in [-0.15, -0.1) is 0 Å². The van der Waals surface area contributed by atoms with Gasteiger partial charge in [0, 0.05) is 6.21 Å². The number of likely N-dealkylation sites (N-methyl/N-ethyl adjacent to an activating group) is 1. The third kappa shape index (κ3) is 6.85. The lowest BCUT2D eigenvalue weighted by Gasteiger charge is -2.22. The van der Waals surface area contributed by atoms with Crippen LogP contribution in [0.1, 0.15) is 13.8 Å². The first-order valence-corrected chi connectivity index (χ1v) is 4.95. The van der Waals surface area contributed by atoms with Gasteiger partial charge >= 0.3 is 0 Å². The van der Waals surface area contributed by atoms with Crippen LogP contribution >= 0.6 is 0 Å². The van der Waals surface area contributed by atoms with E-state index in [0.717, 1.165) is 11.0 Å². The highest BCUT2D eigenvalue weighted by atomic mass is 16.3. The van der Waals surface area contributed by atoms with Gasteiger partial charge in [-0.25, -0.2) is 0 Å². The van der Waals surface area contributed by atoms with Gasteiger partial charge in [0.05, 0.1) is 39.8 Å². The zero-order valence-electron chi connectivity index (χ0n) is 10.2. The second-order valence-electron chi connectivity index (χ2n) is 4.60. The molecule has 0 bridgehead atoms. The molecule has 86 valence electrons. The predicted octanol–water partition coefficient (Wildman–Crippen LogP) is 1.18. The highest BCUT2D eigenvalue weighted by Crippen LogP contribution is 1.99. The van der Waals surface area contributed by atoms with Gasteiger partial charge in [-0.05, 0) is 13.8 Å². The van der Waals surface area contributed by atoms with Crippen molar-refractivity contribution in [1.82, 2.24) is 0 Å². The third-order valence-corrected chi connectivity index (χ3v) is 1.89. The van der Waals surface area contributed by atoms with E-state index >= 15 is 0 Å². The summed E-state index contributed by atoms with van der Waals surface area (Å²) in [6.07, 6.45) is 1.45. The maximum Gasteiger partial charge on any atom is 0.164 e. The summed E-state index contributed by atoms with van der Waals surface area (Å²) in [5.74, 6) is -0.138. The van der Waals surface area contributed by atoms with Gasteiger partial charge in [0.1, 0.15) is 5.76 Å². The highest BCUT2D eigenvalue weighted by molar-refractivity contribution is 6.12. The van der Waals surface area contributed by atoms with Gasteiger partial charge in [0.25, 0.3) is 0 Å². The van der Waals surface area contributed by atoms with Crippen molar-refractivity contribution in [2.75, 3.05) is 34.2 Å². The minimum Gasteiger partial charge on any atom is -0.512 e.